The molecule has 1 aliphatic carbocycles. The first kappa shape index (κ1) is 26.5. The van der Waals surface area contributed by atoms with E-state index in [0.29, 0.717) is 49.2 Å². The zero-order valence-corrected chi connectivity index (χ0v) is 20.1. The molecular formula is C25H31ClO7. The van der Waals surface area contributed by atoms with Crippen LogP contribution in [-0.2, 0) is 25.5 Å². The number of hydrogen-bond donors (Lipinski definition) is 1. The van der Waals surface area contributed by atoms with Gasteiger partial charge in [0.15, 0.2) is 17.1 Å². The Labute approximate surface area is 199 Å². The molecule has 0 heterocycles. The van der Waals surface area contributed by atoms with Crippen LogP contribution in [0, 0.1) is 0 Å². The van der Waals surface area contributed by atoms with Crippen LogP contribution in [0.4, 0.5) is 0 Å². The van der Waals surface area contributed by atoms with Crippen molar-refractivity contribution in [1.29, 1.82) is 0 Å². The minimum atomic E-state index is -1.20. The number of carboxylic acids is 1. The van der Waals surface area contributed by atoms with E-state index in [1.54, 1.807) is 20.3 Å². The van der Waals surface area contributed by atoms with Gasteiger partial charge in [0, 0.05) is 18.9 Å². The number of aliphatic carboxylic acids is 1. The van der Waals surface area contributed by atoms with Gasteiger partial charge in [0.1, 0.15) is 0 Å². The topological polar surface area (TPSA) is 99.1 Å². The third-order valence-corrected chi connectivity index (χ3v) is 5.79. The number of carbonyl (C=O) groups is 3. The Kier molecular flexibility index (Phi) is 9.97. The Morgan fingerprint density at radius 1 is 1.09 bits per heavy atom. The van der Waals surface area contributed by atoms with Crippen LogP contribution in [-0.4, -0.2) is 42.6 Å². The molecule has 8 heteroatoms. The number of hydrogen-bond acceptors (Lipinski definition) is 6. The van der Waals surface area contributed by atoms with Crippen molar-refractivity contribution < 1.29 is 33.7 Å². The molecule has 180 valence electrons. The zero-order valence-electron chi connectivity index (χ0n) is 19.3. The highest BCUT2D eigenvalue weighted by Gasteiger charge is 2.45. The number of aryl methyl sites for hydroxylation is 1. The van der Waals surface area contributed by atoms with Crippen molar-refractivity contribution in [1.82, 2.24) is 0 Å². The molecule has 2 rings (SSSR count). The molecule has 1 unspecified atom stereocenters. The first-order valence-electron chi connectivity index (χ1n) is 11.0. The average Bonchev–Trinajstić information content (AvgIpc) is 2.99. The molecule has 1 N–H and O–H groups in total. The third-order valence-electron chi connectivity index (χ3n) is 5.51. The zero-order chi connectivity index (χ0) is 24.4. The Bertz CT molecular complexity index is 935. The third kappa shape index (κ3) is 7.35. The summed E-state index contributed by atoms with van der Waals surface area (Å²) >= 11 is 6.18. The van der Waals surface area contributed by atoms with E-state index in [4.69, 9.17) is 30.9 Å². The highest BCUT2D eigenvalue weighted by atomic mass is 35.5. The lowest BCUT2D eigenvalue weighted by atomic mass is 9.88. The molecule has 33 heavy (non-hydrogen) atoms. The molecule has 0 aliphatic heterocycles. The number of halogens is 1. The Balaban J connectivity index is 2.12. The van der Waals surface area contributed by atoms with E-state index in [1.165, 1.54) is 13.0 Å². The largest absolute Gasteiger partial charge is 0.493 e. The normalized spacial score (nSPS) is 18.8. The fourth-order valence-corrected chi connectivity index (χ4v) is 4.25. The fourth-order valence-electron chi connectivity index (χ4n) is 3.97. The van der Waals surface area contributed by atoms with E-state index in [1.807, 2.05) is 18.2 Å². The summed E-state index contributed by atoms with van der Waals surface area (Å²) in [6, 6.07) is 5.67. The number of methoxy groups -OCH3 is 2. The number of allylic oxidation sites excluding steroid dienone is 2. The van der Waals surface area contributed by atoms with Crippen LogP contribution < -0.4 is 9.47 Å². The van der Waals surface area contributed by atoms with Crippen molar-refractivity contribution in [3.05, 3.63) is 46.5 Å². The first-order valence-corrected chi connectivity index (χ1v) is 11.4. The molecule has 7 nitrogen and oxygen atoms in total. The van der Waals surface area contributed by atoms with Crippen molar-refractivity contribution in [2.24, 2.45) is 0 Å². The number of benzene rings is 1. The van der Waals surface area contributed by atoms with Gasteiger partial charge in [0.05, 0.1) is 19.3 Å². The lowest BCUT2D eigenvalue weighted by Crippen LogP contribution is -2.34. The Hall–Kier alpha value is -2.80. The summed E-state index contributed by atoms with van der Waals surface area (Å²) in [5, 5.41) is 8.78. The molecule has 0 bridgehead atoms. The fraction of sp³-hybridized carbons (Fsp3) is 0.480. The summed E-state index contributed by atoms with van der Waals surface area (Å²) in [6.07, 6.45) is 7.72. The molecule has 0 radical (unpaired) electrons. The van der Waals surface area contributed by atoms with Gasteiger partial charge < -0.3 is 19.3 Å². The molecule has 0 aromatic heterocycles. The van der Waals surface area contributed by atoms with Gasteiger partial charge in [-0.3, -0.25) is 14.4 Å². The second-order valence-electron chi connectivity index (χ2n) is 7.96. The molecular weight excluding hydrogens is 448 g/mol. The summed E-state index contributed by atoms with van der Waals surface area (Å²) in [7, 11) is 3.15. The smallest absolute Gasteiger partial charge is 0.303 e. The second kappa shape index (κ2) is 12.4. The van der Waals surface area contributed by atoms with Gasteiger partial charge in [0.25, 0.3) is 0 Å². The van der Waals surface area contributed by atoms with Crippen LogP contribution in [0.2, 0.25) is 0 Å². The Morgan fingerprint density at radius 2 is 1.82 bits per heavy atom. The summed E-state index contributed by atoms with van der Waals surface area (Å²) < 4.78 is 16.3. The van der Waals surface area contributed by atoms with Gasteiger partial charge in [-0.1, -0.05) is 30.2 Å². The summed E-state index contributed by atoms with van der Waals surface area (Å²) in [5.74, 6) is -0.383. The minimum absolute atomic E-state index is 0.0412. The van der Waals surface area contributed by atoms with Gasteiger partial charge in [-0.15, -0.1) is 0 Å². The maximum atomic E-state index is 12.7. The van der Waals surface area contributed by atoms with Crippen molar-refractivity contribution in [3.8, 4) is 11.5 Å². The number of rotatable bonds is 13. The summed E-state index contributed by atoms with van der Waals surface area (Å²) in [6.45, 7) is 1.31. The van der Waals surface area contributed by atoms with E-state index in [2.05, 4.69) is 0 Å². The second-order valence-corrected chi connectivity index (χ2v) is 8.37. The van der Waals surface area contributed by atoms with Gasteiger partial charge in [0.2, 0.25) is 5.78 Å². The van der Waals surface area contributed by atoms with E-state index < -0.39 is 17.5 Å². The van der Waals surface area contributed by atoms with Gasteiger partial charge in [-0.05, 0) is 62.3 Å². The summed E-state index contributed by atoms with van der Waals surface area (Å²) in [4.78, 5) is 35.3. The Morgan fingerprint density at radius 3 is 2.45 bits per heavy atom. The highest BCUT2D eigenvalue weighted by molar-refractivity contribution is 6.46. The van der Waals surface area contributed by atoms with Crippen LogP contribution in [0.3, 0.4) is 0 Å². The van der Waals surface area contributed by atoms with Gasteiger partial charge >= 0.3 is 11.9 Å². The maximum absolute atomic E-state index is 12.7. The first-order chi connectivity index (χ1) is 15.7. The number of carboxylic acid groups (broad SMARTS) is 1. The number of Topliss-reactive ketones (excluding diaryl/α,β-unsaturated/α-hetero) is 1. The summed E-state index contributed by atoms with van der Waals surface area (Å²) in [5.41, 5.74) is 0.194. The molecule has 1 aromatic carbocycles. The number of carbonyl (C=O) groups excluding carboxylic acids is 2. The predicted octanol–water partition coefficient (Wildman–Crippen LogP) is 5.00. The minimum Gasteiger partial charge on any atom is -0.493 e. The SMILES string of the molecule is COc1ccc(CCCC2(OC(C)=O)C=C(Cl)C(=O)/C2=C\CCCCCC(=O)O)cc1OC. The standard InChI is InChI=1S/C25H31ClO7/c1-17(27)33-25(14-8-9-18-12-13-21(31-2)22(15-18)32-3)16-20(26)24(30)19(25)10-6-4-5-7-11-23(28)29/h10,12-13,15-16H,4-9,11,14H2,1-3H3,(H,28,29)/b19-10+. The molecule has 0 spiro atoms. The van der Waals surface area contributed by atoms with Crippen molar-refractivity contribution in [2.45, 2.75) is 63.9 Å². The van der Waals surface area contributed by atoms with E-state index in [9.17, 15) is 14.4 Å². The van der Waals surface area contributed by atoms with Crippen molar-refractivity contribution in [2.75, 3.05) is 14.2 Å². The molecule has 0 amide bonds. The lowest BCUT2D eigenvalue weighted by Gasteiger charge is -2.28. The van der Waals surface area contributed by atoms with E-state index >= 15 is 0 Å². The van der Waals surface area contributed by atoms with Crippen LogP contribution in [0.25, 0.3) is 0 Å². The quantitative estimate of drug-likeness (QED) is 0.242. The van der Waals surface area contributed by atoms with Crippen molar-refractivity contribution in [3.63, 3.8) is 0 Å². The number of unbranched alkanes of at least 4 members (excludes halogenated alkanes) is 3. The average molecular weight is 479 g/mol. The number of ether oxygens (including phenoxy) is 3. The van der Waals surface area contributed by atoms with Crippen LogP contribution in [0.15, 0.2) is 41.0 Å². The van der Waals surface area contributed by atoms with Gasteiger partial charge in [-0.2, -0.15) is 0 Å². The van der Waals surface area contributed by atoms with Crippen molar-refractivity contribution >= 4 is 29.3 Å². The highest BCUT2D eigenvalue weighted by Crippen LogP contribution is 2.40. The molecule has 0 saturated carbocycles. The maximum Gasteiger partial charge on any atom is 0.303 e. The predicted molar refractivity (Wildman–Crippen MR) is 125 cm³/mol. The van der Waals surface area contributed by atoms with E-state index in [0.717, 1.165) is 18.4 Å². The monoisotopic (exact) mass is 478 g/mol. The molecule has 1 atom stereocenters. The molecule has 0 fully saturated rings. The number of ketones is 1. The van der Waals surface area contributed by atoms with Crippen LogP contribution in [0.5, 0.6) is 11.5 Å². The van der Waals surface area contributed by atoms with E-state index in [-0.39, 0.29) is 17.2 Å². The number of esters is 1. The molecule has 0 saturated heterocycles. The van der Waals surface area contributed by atoms with Crippen LogP contribution in [0.1, 0.15) is 57.4 Å². The molecule has 1 aliphatic rings. The van der Waals surface area contributed by atoms with Gasteiger partial charge in [-0.25, -0.2) is 0 Å². The molecule has 1 aromatic rings. The lowest BCUT2D eigenvalue weighted by molar-refractivity contribution is -0.150. The van der Waals surface area contributed by atoms with Crippen LogP contribution >= 0.6 is 11.6 Å².